The summed E-state index contributed by atoms with van der Waals surface area (Å²) in [5.41, 5.74) is 5.43. The molecule has 7 heteroatoms. The number of aryl methyl sites for hydroxylation is 1. The third-order valence-corrected chi connectivity index (χ3v) is 5.19. The normalized spacial score (nSPS) is 11.5. The fourth-order valence-electron chi connectivity index (χ4n) is 3.56. The molecule has 0 aliphatic carbocycles. The maximum absolute atomic E-state index is 12.4. The van der Waals surface area contributed by atoms with Crippen LogP contribution < -0.4 is 9.47 Å². The summed E-state index contributed by atoms with van der Waals surface area (Å²) in [7, 11) is 5.14. The molecule has 0 spiro atoms. The van der Waals surface area contributed by atoms with E-state index >= 15 is 0 Å². The lowest BCUT2D eigenvalue weighted by molar-refractivity contribution is -0.137. The van der Waals surface area contributed by atoms with Crippen molar-refractivity contribution in [1.29, 1.82) is 0 Å². The summed E-state index contributed by atoms with van der Waals surface area (Å²) in [6, 6.07) is 13.2. The van der Waals surface area contributed by atoms with Crippen LogP contribution in [0.4, 0.5) is 0 Å². The Morgan fingerprint density at radius 2 is 1.76 bits per heavy atom. The minimum Gasteiger partial charge on any atom is -0.497 e. The summed E-state index contributed by atoms with van der Waals surface area (Å²) in [6.45, 7) is 2.05. The first kappa shape index (κ1) is 22.1. The molecule has 168 valence electrons. The lowest BCUT2D eigenvalue weighted by atomic mass is 10.0. The average molecular weight is 444 g/mol. The summed E-state index contributed by atoms with van der Waals surface area (Å²) < 4.78 is 18.0. The molecule has 7 nitrogen and oxygen atoms in total. The van der Waals surface area contributed by atoms with Gasteiger partial charge in [0.2, 0.25) is 0 Å². The van der Waals surface area contributed by atoms with Crippen molar-refractivity contribution in [3.8, 4) is 22.6 Å². The second-order valence-corrected chi connectivity index (χ2v) is 7.44. The highest BCUT2D eigenvalue weighted by Crippen LogP contribution is 2.31. The van der Waals surface area contributed by atoms with E-state index in [0.717, 1.165) is 27.7 Å². The van der Waals surface area contributed by atoms with Gasteiger partial charge in [0.05, 0.1) is 37.6 Å². The fraction of sp³-hybridized carbons (Fsp3) is 0.192. The molecule has 3 aromatic heterocycles. The van der Waals surface area contributed by atoms with Crippen LogP contribution in [-0.2, 0) is 16.6 Å². The standard InChI is InChI=1S/C26H25N3O4/c1-5-33-26(30)14-22(18-10-20(31-3)13-21(11-18)32-4)23-6-7-24-25(28-23)12-19(15-27-24)17-8-9-29(2)16-17/h6-16H,5H2,1-4H3/b22-14-. The molecule has 0 unspecified atom stereocenters. The molecule has 0 bridgehead atoms. The van der Waals surface area contributed by atoms with Crippen molar-refractivity contribution >= 4 is 22.6 Å². The molecular weight excluding hydrogens is 418 g/mol. The molecule has 0 atom stereocenters. The molecule has 0 aliphatic rings. The summed E-state index contributed by atoms with van der Waals surface area (Å²) in [6.07, 6.45) is 7.29. The Kier molecular flexibility index (Phi) is 6.40. The van der Waals surface area contributed by atoms with Gasteiger partial charge in [0.15, 0.2) is 0 Å². The van der Waals surface area contributed by atoms with Gasteiger partial charge in [-0.15, -0.1) is 0 Å². The molecule has 0 N–H and O–H groups in total. The SMILES string of the molecule is CCOC(=O)/C=C(/c1cc(OC)cc(OC)c1)c1ccc2ncc(-c3ccn(C)c3)cc2n1. The van der Waals surface area contributed by atoms with Crippen LogP contribution in [0.25, 0.3) is 27.7 Å². The number of carbonyl (C=O) groups is 1. The van der Waals surface area contributed by atoms with Crippen molar-refractivity contribution in [2.45, 2.75) is 6.92 Å². The van der Waals surface area contributed by atoms with Gasteiger partial charge >= 0.3 is 5.97 Å². The van der Waals surface area contributed by atoms with Crippen LogP contribution in [0.3, 0.4) is 0 Å². The molecule has 0 fully saturated rings. The fourth-order valence-corrected chi connectivity index (χ4v) is 3.56. The second kappa shape index (κ2) is 9.56. The summed E-state index contributed by atoms with van der Waals surface area (Å²) >= 11 is 0. The minimum atomic E-state index is -0.452. The second-order valence-electron chi connectivity index (χ2n) is 7.44. The van der Waals surface area contributed by atoms with Gasteiger partial charge in [-0.25, -0.2) is 9.78 Å². The molecule has 0 saturated carbocycles. The van der Waals surface area contributed by atoms with E-state index in [1.54, 1.807) is 27.2 Å². The predicted octanol–water partition coefficient (Wildman–Crippen LogP) is 4.65. The van der Waals surface area contributed by atoms with Crippen LogP contribution in [0.15, 0.2) is 67.1 Å². The molecule has 0 aliphatic heterocycles. The highest BCUT2D eigenvalue weighted by Gasteiger charge is 2.14. The van der Waals surface area contributed by atoms with E-state index < -0.39 is 5.97 Å². The number of hydrogen-bond donors (Lipinski definition) is 0. The van der Waals surface area contributed by atoms with E-state index in [4.69, 9.17) is 19.2 Å². The monoisotopic (exact) mass is 443 g/mol. The topological polar surface area (TPSA) is 75.5 Å². The number of benzene rings is 1. The van der Waals surface area contributed by atoms with Crippen molar-refractivity contribution in [3.05, 3.63) is 78.4 Å². The number of pyridine rings is 2. The Labute approximate surface area is 192 Å². The number of rotatable bonds is 7. The van der Waals surface area contributed by atoms with Crippen molar-refractivity contribution < 1.29 is 19.0 Å². The van der Waals surface area contributed by atoms with Crippen LogP contribution in [-0.4, -0.2) is 41.3 Å². The van der Waals surface area contributed by atoms with Crippen LogP contribution in [0.1, 0.15) is 18.2 Å². The van der Waals surface area contributed by atoms with E-state index in [2.05, 4.69) is 4.98 Å². The van der Waals surface area contributed by atoms with Crippen molar-refractivity contribution in [3.63, 3.8) is 0 Å². The molecule has 4 rings (SSSR count). The molecule has 3 heterocycles. The third kappa shape index (κ3) is 4.87. The lowest BCUT2D eigenvalue weighted by Crippen LogP contribution is -2.03. The average Bonchev–Trinajstić information content (AvgIpc) is 3.27. The molecule has 4 aromatic rings. The molecular formula is C26H25N3O4. The number of nitrogens with zero attached hydrogens (tertiary/aromatic N) is 3. The molecule has 0 amide bonds. The van der Waals surface area contributed by atoms with Gasteiger partial charge in [-0.05, 0) is 48.9 Å². The number of aromatic nitrogens is 3. The number of esters is 1. The summed E-state index contributed by atoms with van der Waals surface area (Å²) in [4.78, 5) is 21.8. The Morgan fingerprint density at radius 3 is 2.39 bits per heavy atom. The lowest BCUT2D eigenvalue weighted by Gasteiger charge is -2.12. The quantitative estimate of drug-likeness (QED) is 0.306. The van der Waals surface area contributed by atoms with E-state index in [1.165, 1.54) is 6.08 Å². The van der Waals surface area contributed by atoms with Crippen LogP contribution >= 0.6 is 0 Å². The minimum absolute atomic E-state index is 0.277. The Morgan fingerprint density at radius 1 is 1.00 bits per heavy atom. The van der Waals surface area contributed by atoms with Gasteiger partial charge in [0.25, 0.3) is 0 Å². The van der Waals surface area contributed by atoms with E-state index in [-0.39, 0.29) is 6.61 Å². The first-order valence-electron chi connectivity index (χ1n) is 10.5. The zero-order chi connectivity index (χ0) is 23.4. The van der Waals surface area contributed by atoms with Gasteiger partial charge < -0.3 is 18.8 Å². The number of ether oxygens (including phenoxy) is 3. The largest absolute Gasteiger partial charge is 0.497 e. The maximum Gasteiger partial charge on any atom is 0.331 e. The van der Waals surface area contributed by atoms with Crippen LogP contribution in [0.2, 0.25) is 0 Å². The Balaban J connectivity index is 1.86. The van der Waals surface area contributed by atoms with Crippen LogP contribution in [0.5, 0.6) is 11.5 Å². The number of carbonyl (C=O) groups excluding carboxylic acids is 1. The summed E-state index contributed by atoms with van der Waals surface area (Å²) in [5.74, 6) is 0.758. The van der Waals surface area contributed by atoms with Crippen molar-refractivity contribution in [1.82, 2.24) is 14.5 Å². The number of hydrogen-bond acceptors (Lipinski definition) is 6. The Bertz CT molecular complexity index is 1320. The van der Waals surface area contributed by atoms with E-state index in [0.29, 0.717) is 22.8 Å². The zero-order valence-corrected chi connectivity index (χ0v) is 19.0. The van der Waals surface area contributed by atoms with Gasteiger partial charge in [-0.2, -0.15) is 0 Å². The van der Waals surface area contributed by atoms with Gasteiger partial charge in [0, 0.05) is 54.5 Å². The molecule has 0 radical (unpaired) electrons. The Hall–Kier alpha value is -4.13. The predicted molar refractivity (Wildman–Crippen MR) is 127 cm³/mol. The molecule has 33 heavy (non-hydrogen) atoms. The van der Waals surface area contributed by atoms with E-state index in [9.17, 15) is 4.79 Å². The zero-order valence-electron chi connectivity index (χ0n) is 19.0. The van der Waals surface area contributed by atoms with Crippen LogP contribution in [0, 0.1) is 0 Å². The smallest absolute Gasteiger partial charge is 0.331 e. The highest BCUT2D eigenvalue weighted by molar-refractivity contribution is 5.96. The van der Waals surface area contributed by atoms with E-state index in [1.807, 2.05) is 66.6 Å². The third-order valence-electron chi connectivity index (χ3n) is 5.19. The van der Waals surface area contributed by atoms with Gasteiger partial charge in [-0.3, -0.25) is 4.98 Å². The molecule has 1 aromatic carbocycles. The molecule has 0 saturated heterocycles. The maximum atomic E-state index is 12.4. The summed E-state index contributed by atoms with van der Waals surface area (Å²) in [5, 5.41) is 0. The first-order valence-corrected chi connectivity index (χ1v) is 10.5. The van der Waals surface area contributed by atoms with Gasteiger partial charge in [0.1, 0.15) is 11.5 Å². The first-order chi connectivity index (χ1) is 16.0. The number of methoxy groups -OCH3 is 2. The van der Waals surface area contributed by atoms with Crippen molar-refractivity contribution in [2.24, 2.45) is 7.05 Å². The number of fused-ring (bicyclic) bond motifs is 1. The highest BCUT2D eigenvalue weighted by atomic mass is 16.5. The van der Waals surface area contributed by atoms with Gasteiger partial charge in [-0.1, -0.05) is 0 Å². The van der Waals surface area contributed by atoms with Crippen molar-refractivity contribution in [2.75, 3.05) is 20.8 Å².